The zero-order chi connectivity index (χ0) is 13.1. The van der Waals surface area contributed by atoms with Crippen LogP contribution >= 0.6 is 0 Å². The lowest BCUT2D eigenvalue weighted by Crippen LogP contribution is -2.12. The average Bonchev–Trinajstić information content (AvgIpc) is 2.89. The van der Waals surface area contributed by atoms with Crippen LogP contribution in [0.5, 0.6) is 0 Å². The second-order valence-electron chi connectivity index (χ2n) is 4.44. The monoisotopic (exact) mass is 252 g/mol. The van der Waals surface area contributed by atoms with E-state index in [1.54, 1.807) is 0 Å². The molecule has 4 heteroatoms. The molecule has 0 amide bonds. The van der Waals surface area contributed by atoms with Gasteiger partial charge in [-0.15, -0.1) is 5.10 Å². The second-order valence-corrected chi connectivity index (χ2v) is 4.44. The van der Waals surface area contributed by atoms with Gasteiger partial charge < -0.3 is 5.32 Å². The summed E-state index contributed by atoms with van der Waals surface area (Å²) >= 11 is 0. The first kappa shape index (κ1) is 11.9. The summed E-state index contributed by atoms with van der Waals surface area (Å²) in [6, 6.07) is 16.4. The van der Waals surface area contributed by atoms with E-state index >= 15 is 0 Å². The van der Waals surface area contributed by atoms with Gasteiger partial charge in [-0.05, 0) is 36.4 Å². The van der Waals surface area contributed by atoms with E-state index in [0.29, 0.717) is 0 Å². The van der Waals surface area contributed by atoms with Gasteiger partial charge in [0.15, 0.2) is 0 Å². The number of hydrogen-bond acceptors (Lipinski definition) is 3. The lowest BCUT2D eigenvalue weighted by Gasteiger charge is -2.06. The topological polar surface area (TPSA) is 42.7 Å². The van der Waals surface area contributed by atoms with Gasteiger partial charge in [-0.1, -0.05) is 36.4 Å². The summed E-state index contributed by atoms with van der Waals surface area (Å²) in [5, 5.41) is 11.7. The van der Waals surface area contributed by atoms with Crippen molar-refractivity contribution in [3.63, 3.8) is 0 Å². The van der Waals surface area contributed by atoms with Crippen molar-refractivity contribution >= 4 is 11.0 Å². The van der Waals surface area contributed by atoms with Gasteiger partial charge in [0.2, 0.25) is 0 Å². The minimum atomic E-state index is 0.872. The van der Waals surface area contributed by atoms with Gasteiger partial charge in [0.25, 0.3) is 0 Å². The van der Waals surface area contributed by atoms with E-state index in [1.807, 2.05) is 28.9 Å². The Bertz CT molecular complexity index is 687. The molecule has 0 radical (unpaired) electrons. The van der Waals surface area contributed by atoms with Crippen LogP contribution in [0, 0.1) is 0 Å². The normalized spacial score (nSPS) is 11.0. The third-order valence-corrected chi connectivity index (χ3v) is 3.09. The van der Waals surface area contributed by atoms with Crippen LogP contribution < -0.4 is 5.32 Å². The molecular formula is C15H16N4. The molecule has 3 rings (SSSR count). The van der Waals surface area contributed by atoms with Gasteiger partial charge >= 0.3 is 0 Å². The number of benzene rings is 2. The Kier molecular flexibility index (Phi) is 3.25. The fraction of sp³-hybridized carbons (Fsp3) is 0.200. The van der Waals surface area contributed by atoms with Crippen molar-refractivity contribution in [1.82, 2.24) is 20.3 Å². The van der Waals surface area contributed by atoms with Crippen LogP contribution in [0.15, 0.2) is 48.5 Å². The average molecular weight is 252 g/mol. The van der Waals surface area contributed by atoms with Gasteiger partial charge in [-0.2, -0.15) is 0 Å². The molecule has 1 heterocycles. The van der Waals surface area contributed by atoms with Gasteiger partial charge in [-0.3, -0.25) is 0 Å². The molecule has 0 saturated heterocycles. The number of para-hydroxylation sites is 1. The van der Waals surface area contributed by atoms with Crippen molar-refractivity contribution in [3.8, 4) is 5.69 Å². The maximum Gasteiger partial charge on any atom is 0.113 e. The van der Waals surface area contributed by atoms with Crippen molar-refractivity contribution in [2.24, 2.45) is 0 Å². The lowest BCUT2D eigenvalue weighted by molar-refractivity contribution is 0.725. The van der Waals surface area contributed by atoms with Gasteiger partial charge in [0.1, 0.15) is 5.52 Å². The summed E-state index contributed by atoms with van der Waals surface area (Å²) in [6.07, 6.45) is 0. The van der Waals surface area contributed by atoms with Crippen molar-refractivity contribution in [3.05, 3.63) is 54.1 Å². The highest BCUT2D eigenvalue weighted by Crippen LogP contribution is 2.16. The van der Waals surface area contributed by atoms with Crippen LogP contribution in [0.3, 0.4) is 0 Å². The number of hydrogen-bond donors (Lipinski definition) is 1. The third kappa shape index (κ3) is 2.35. The maximum atomic E-state index is 4.23. The molecule has 0 bridgehead atoms. The van der Waals surface area contributed by atoms with E-state index in [2.05, 4.69) is 46.8 Å². The summed E-state index contributed by atoms with van der Waals surface area (Å²) < 4.78 is 1.88. The van der Waals surface area contributed by atoms with E-state index in [0.717, 1.165) is 29.8 Å². The molecule has 0 aliphatic carbocycles. The highest BCUT2D eigenvalue weighted by atomic mass is 15.4. The molecule has 19 heavy (non-hydrogen) atoms. The molecule has 4 nitrogen and oxygen atoms in total. The highest BCUT2D eigenvalue weighted by molar-refractivity contribution is 5.75. The Morgan fingerprint density at radius 2 is 2.00 bits per heavy atom. The Hall–Kier alpha value is -2.20. The van der Waals surface area contributed by atoms with Crippen LogP contribution in [0.1, 0.15) is 12.5 Å². The molecular weight excluding hydrogens is 236 g/mol. The number of rotatable bonds is 4. The Morgan fingerprint density at radius 1 is 1.11 bits per heavy atom. The first-order valence-electron chi connectivity index (χ1n) is 6.49. The molecule has 96 valence electrons. The van der Waals surface area contributed by atoms with E-state index in [1.165, 1.54) is 5.56 Å². The molecule has 0 spiro atoms. The number of nitrogens with zero attached hydrogens (tertiary/aromatic N) is 3. The van der Waals surface area contributed by atoms with Crippen molar-refractivity contribution in [2.75, 3.05) is 6.54 Å². The first-order valence-corrected chi connectivity index (χ1v) is 6.49. The first-order chi connectivity index (χ1) is 9.38. The minimum absolute atomic E-state index is 0.872. The molecule has 0 aliphatic heterocycles. The van der Waals surface area contributed by atoms with Crippen LogP contribution in [0.4, 0.5) is 0 Å². The molecule has 2 aromatic carbocycles. The highest BCUT2D eigenvalue weighted by Gasteiger charge is 2.05. The largest absolute Gasteiger partial charge is 0.313 e. The van der Waals surface area contributed by atoms with Crippen molar-refractivity contribution in [2.45, 2.75) is 13.5 Å². The molecule has 3 aromatic rings. The zero-order valence-electron chi connectivity index (χ0n) is 10.9. The van der Waals surface area contributed by atoms with E-state index < -0.39 is 0 Å². The zero-order valence-corrected chi connectivity index (χ0v) is 10.9. The van der Waals surface area contributed by atoms with Crippen LogP contribution in [-0.4, -0.2) is 21.5 Å². The number of nitrogens with one attached hydrogen (secondary N) is 1. The quantitative estimate of drug-likeness (QED) is 0.776. The third-order valence-electron chi connectivity index (χ3n) is 3.09. The summed E-state index contributed by atoms with van der Waals surface area (Å²) in [7, 11) is 0. The van der Waals surface area contributed by atoms with Crippen LogP contribution in [0.25, 0.3) is 16.7 Å². The summed E-state index contributed by atoms with van der Waals surface area (Å²) in [4.78, 5) is 0. The molecule has 0 fully saturated rings. The standard InChI is InChI=1S/C15H16N4/c1-2-16-11-12-6-5-7-13(10-12)19-15-9-4-3-8-14(15)17-18-19/h3-10,16H,2,11H2,1H3. The molecule has 0 aliphatic rings. The Balaban J connectivity index is 2.01. The predicted molar refractivity (Wildman–Crippen MR) is 76.2 cm³/mol. The lowest BCUT2D eigenvalue weighted by atomic mass is 10.2. The van der Waals surface area contributed by atoms with Gasteiger partial charge in [0, 0.05) is 6.54 Å². The molecule has 0 atom stereocenters. The maximum absolute atomic E-state index is 4.23. The fourth-order valence-corrected chi connectivity index (χ4v) is 2.13. The SMILES string of the molecule is CCNCc1cccc(-n2nnc3ccccc32)c1. The van der Waals surface area contributed by atoms with Crippen molar-refractivity contribution in [1.29, 1.82) is 0 Å². The number of fused-ring (bicyclic) bond motifs is 1. The van der Waals surface area contributed by atoms with Crippen LogP contribution in [-0.2, 0) is 6.54 Å². The predicted octanol–water partition coefficient (Wildman–Crippen LogP) is 2.53. The van der Waals surface area contributed by atoms with Crippen LogP contribution in [0.2, 0.25) is 0 Å². The summed E-state index contributed by atoms with van der Waals surface area (Å²) in [5.41, 5.74) is 4.24. The molecule has 1 aromatic heterocycles. The molecule has 1 N–H and O–H groups in total. The number of aromatic nitrogens is 3. The van der Waals surface area contributed by atoms with Crippen molar-refractivity contribution < 1.29 is 0 Å². The summed E-state index contributed by atoms with van der Waals surface area (Å²) in [6.45, 7) is 3.95. The smallest absolute Gasteiger partial charge is 0.113 e. The summed E-state index contributed by atoms with van der Waals surface area (Å²) in [5.74, 6) is 0. The molecule has 0 saturated carbocycles. The fourth-order valence-electron chi connectivity index (χ4n) is 2.13. The minimum Gasteiger partial charge on any atom is -0.313 e. The molecule has 0 unspecified atom stereocenters. The Morgan fingerprint density at radius 3 is 2.89 bits per heavy atom. The van der Waals surface area contributed by atoms with E-state index in [9.17, 15) is 0 Å². The van der Waals surface area contributed by atoms with Gasteiger partial charge in [0.05, 0.1) is 11.2 Å². The van der Waals surface area contributed by atoms with Gasteiger partial charge in [-0.25, -0.2) is 4.68 Å². The van der Waals surface area contributed by atoms with E-state index in [4.69, 9.17) is 0 Å². The Labute approximate surface area is 112 Å². The van der Waals surface area contributed by atoms with E-state index in [-0.39, 0.29) is 0 Å². The second kappa shape index (κ2) is 5.20.